The van der Waals surface area contributed by atoms with Gasteiger partial charge in [0.05, 0.1) is 26.4 Å². The van der Waals surface area contributed by atoms with E-state index in [-0.39, 0.29) is 25.7 Å². The Balaban J connectivity index is 5.26. The number of aliphatic hydroxyl groups excluding tert-OH is 1. The van der Waals surface area contributed by atoms with Crippen molar-refractivity contribution in [2.75, 3.05) is 39.6 Å². The van der Waals surface area contributed by atoms with Crippen LogP contribution in [0.3, 0.4) is 0 Å². The molecule has 0 saturated heterocycles. The summed E-state index contributed by atoms with van der Waals surface area (Å²) in [6.45, 7) is 11.9. The number of unbranched alkanes of at least 4 members (excludes halogenated alkanes) is 42. The van der Waals surface area contributed by atoms with Gasteiger partial charge in [0.2, 0.25) is 0 Å². The highest BCUT2D eigenvalue weighted by atomic mass is 31.2. The van der Waals surface area contributed by atoms with Gasteiger partial charge in [-0.05, 0) is 43.4 Å². The zero-order valence-corrected chi connectivity index (χ0v) is 63.9. The molecule has 0 bridgehead atoms. The Morgan fingerprint density at radius 3 is 0.716 bits per heavy atom. The molecule has 0 aromatic heterocycles. The molecule has 0 heterocycles. The van der Waals surface area contributed by atoms with Crippen LogP contribution in [0.1, 0.15) is 389 Å². The summed E-state index contributed by atoms with van der Waals surface area (Å²) in [5.74, 6) is 0.157. The fourth-order valence-corrected chi connectivity index (χ4v) is 13.2. The van der Waals surface area contributed by atoms with Crippen LogP contribution in [0.2, 0.25) is 0 Å². The van der Waals surface area contributed by atoms with Crippen LogP contribution in [0.15, 0.2) is 0 Å². The van der Waals surface area contributed by atoms with Crippen molar-refractivity contribution in [1.82, 2.24) is 0 Å². The first-order valence-electron chi connectivity index (χ1n) is 39.3. The lowest BCUT2D eigenvalue weighted by Crippen LogP contribution is -2.30. The molecular formula is C76H148O17P2. The number of esters is 4. The van der Waals surface area contributed by atoms with E-state index in [9.17, 15) is 43.2 Å². The molecule has 0 amide bonds. The molecule has 0 aliphatic carbocycles. The maximum atomic E-state index is 13.1. The molecule has 0 aliphatic heterocycles. The fraction of sp³-hybridized carbons (Fsp3) is 0.947. The third kappa shape index (κ3) is 70.3. The monoisotopic (exact) mass is 1400 g/mol. The van der Waals surface area contributed by atoms with Crippen LogP contribution in [-0.2, 0) is 65.4 Å². The van der Waals surface area contributed by atoms with Crippen LogP contribution in [0.25, 0.3) is 0 Å². The molecule has 5 atom stereocenters. The second-order valence-corrected chi connectivity index (χ2v) is 31.7. The molecule has 0 rings (SSSR count). The second kappa shape index (κ2) is 66.6. The van der Waals surface area contributed by atoms with E-state index in [1.54, 1.807) is 0 Å². The molecule has 0 fully saturated rings. The fourth-order valence-electron chi connectivity index (χ4n) is 11.6. The highest BCUT2D eigenvalue weighted by Gasteiger charge is 2.30. The van der Waals surface area contributed by atoms with E-state index >= 15 is 0 Å². The molecule has 0 aromatic rings. The van der Waals surface area contributed by atoms with E-state index in [1.807, 2.05) is 0 Å². The highest BCUT2D eigenvalue weighted by Crippen LogP contribution is 2.45. The number of aliphatic hydroxyl groups is 1. The molecule has 564 valence electrons. The molecule has 0 aromatic carbocycles. The van der Waals surface area contributed by atoms with Gasteiger partial charge in [-0.2, -0.15) is 0 Å². The summed E-state index contributed by atoms with van der Waals surface area (Å²) in [5, 5.41) is 10.6. The molecule has 0 saturated carbocycles. The Morgan fingerprint density at radius 1 is 0.284 bits per heavy atom. The smallest absolute Gasteiger partial charge is 0.462 e. The summed E-state index contributed by atoms with van der Waals surface area (Å²) in [6.07, 6.45) is 52.7. The Morgan fingerprint density at radius 2 is 0.484 bits per heavy atom. The Kier molecular flexibility index (Phi) is 65.2. The van der Waals surface area contributed by atoms with E-state index in [1.165, 1.54) is 193 Å². The van der Waals surface area contributed by atoms with Crippen LogP contribution in [0.5, 0.6) is 0 Å². The van der Waals surface area contributed by atoms with Gasteiger partial charge in [-0.25, -0.2) is 9.13 Å². The normalized spacial score (nSPS) is 14.1. The van der Waals surface area contributed by atoms with Crippen molar-refractivity contribution in [2.45, 2.75) is 407 Å². The molecule has 0 radical (unpaired) electrons. The Bertz CT molecular complexity index is 1850. The highest BCUT2D eigenvalue weighted by molar-refractivity contribution is 7.47. The minimum Gasteiger partial charge on any atom is -0.462 e. The van der Waals surface area contributed by atoms with Crippen LogP contribution in [0, 0.1) is 17.8 Å². The SMILES string of the molecule is CCCCCCCCCCCCCCCCC(=O)O[C@H](COC(=O)CCCCCCCCCC(C)C)COP(=O)(O)OC[C@H](O)COP(=O)(O)OC[C@@H](COC(=O)CCCCCCCCCCCCCCC(C)C)OC(=O)CCCCCCCCCCCCCCCC(C)C. The van der Waals surface area contributed by atoms with Gasteiger partial charge in [0.1, 0.15) is 19.3 Å². The van der Waals surface area contributed by atoms with Crippen molar-refractivity contribution in [1.29, 1.82) is 0 Å². The van der Waals surface area contributed by atoms with E-state index in [0.717, 1.165) is 108 Å². The number of phosphoric ester groups is 2. The minimum atomic E-state index is -4.96. The molecule has 95 heavy (non-hydrogen) atoms. The number of ether oxygens (including phenoxy) is 4. The summed E-state index contributed by atoms with van der Waals surface area (Å²) in [7, 11) is -9.91. The van der Waals surface area contributed by atoms with Crippen molar-refractivity contribution in [3.05, 3.63) is 0 Å². The van der Waals surface area contributed by atoms with Crippen LogP contribution in [-0.4, -0.2) is 96.7 Å². The maximum absolute atomic E-state index is 13.1. The average molecular weight is 1400 g/mol. The quantitative estimate of drug-likeness (QED) is 0.0222. The first-order chi connectivity index (χ1) is 45.7. The number of carbonyl (C=O) groups is 4. The van der Waals surface area contributed by atoms with Crippen molar-refractivity contribution in [3.8, 4) is 0 Å². The van der Waals surface area contributed by atoms with Crippen molar-refractivity contribution < 1.29 is 80.2 Å². The first-order valence-corrected chi connectivity index (χ1v) is 42.3. The van der Waals surface area contributed by atoms with E-state index in [0.29, 0.717) is 31.6 Å². The number of rotatable bonds is 74. The van der Waals surface area contributed by atoms with Gasteiger partial charge in [0.15, 0.2) is 12.2 Å². The summed E-state index contributed by atoms with van der Waals surface area (Å²) in [4.78, 5) is 72.8. The minimum absolute atomic E-state index is 0.107. The van der Waals surface area contributed by atoms with Gasteiger partial charge in [-0.3, -0.25) is 37.3 Å². The summed E-state index contributed by atoms with van der Waals surface area (Å²) < 4.78 is 68.5. The Hall–Kier alpha value is -1.94. The largest absolute Gasteiger partial charge is 0.472 e. The van der Waals surface area contributed by atoms with Crippen LogP contribution < -0.4 is 0 Å². The lowest BCUT2D eigenvalue weighted by atomic mass is 10.0. The average Bonchev–Trinajstić information content (AvgIpc) is 2.04. The second-order valence-electron chi connectivity index (χ2n) is 28.8. The van der Waals surface area contributed by atoms with Gasteiger partial charge in [0.25, 0.3) is 0 Å². The van der Waals surface area contributed by atoms with Crippen molar-refractivity contribution >= 4 is 39.5 Å². The maximum Gasteiger partial charge on any atom is 0.472 e. The van der Waals surface area contributed by atoms with Gasteiger partial charge in [-0.1, -0.05) is 337 Å². The van der Waals surface area contributed by atoms with Crippen molar-refractivity contribution in [2.24, 2.45) is 17.8 Å². The standard InChI is InChI=1S/C76H148O17P2/c1-8-9-10-11-12-13-14-15-18-25-30-37-45-52-59-76(81)93-72(64-87-74(79)58-51-44-39-32-35-42-49-56-69(6)7)66-91-95(84,85)89-62-70(77)61-88-94(82,83)90-65-71(63-86-73(78)57-50-43-36-29-24-21-20-23-28-34-41-48-55-68(4)5)92-75(80)60-53-46-38-31-26-19-16-17-22-27-33-40-47-54-67(2)3/h67-72,77H,8-66H2,1-7H3,(H,82,83)(H,84,85)/t70-,71-,72-/m1/s1. The number of carbonyl (C=O) groups excluding carboxylic acids is 4. The topological polar surface area (TPSA) is 237 Å². The summed E-state index contributed by atoms with van der Waals surface area (Å²) in [5.41, 5.74) is 0. The Labute approximate surface area is 581 Å². The van der Waals surface area contributed by atoms with Crippen LogP contribution >= 0.6 is 15.6 Å². The molecule has 17 nitrogen and oxygen atoms in total. The third-order valence-corrected chi connectivity index (χ3v) is 19.5. The van der Waals surface area contributed by atoms with Gasteiger partial charge < -0.3 is 33.8 Å². The van der Waals surface area contributed by atoms with Crippen LogP contribution in [0.4, 0.5) is 0 Å². The van der Waals surface area contributed by atoms with Gasteiger partial charge in [0, 0.05) is 25.7 Å². The first kappa shape index (κ1) is 93.1. The predicted molar refractivity (Wildman–Crippen MR) is 386 cm³/mol. The molecule has 0 aliphatic rings. The van der Waals surface area contributed by atoms with E-state index < -0.39 is 97.5 Å². The van der Waals surface area contributed by atoms with Gasteiger partial charge >= 0.3 is 39.5 Å². The zero-order chi connectivity index (χ0) is 70.1. The lowest BCUT2D eigenvalue weighted by molar-refractivity contribution is -0.161. The van der Waals surface area contributed by atoms with Gasteiger partial charge in [-0.15, -0.1) is 0 Å². The molecule has 3 N–H and O–H groups in total. The zero-order valence-electron chi connectivity index (χ0n) is 62.1. The summed E-state index contributed by atoms with van der Waals surface area (Å²) >= 11 is 0. The summed E-state index contributed by atoms with van der Waals surface area (Å²) in [6, 6.07) is 0. The predicted octanol–water partition coefficient (Wildman–Crippen LogP) is 22.2. The van der Waals surface area contributed by atoms with E-state index in [2.05, 4.69) is 48.5 Å². The number of hydrogen-bond acceptors (Lipinski definition) is 15. The third-order valence-electron chi connectivity index (χ3n) is 17.6. The lowest BCUT2D eigenvalue weighted by Gasteiger charge is -2.21. The van der Waals surface area contributed by atoms with E-state index in [4.69, 9.17) is 37.0 Å². The molecule has 2 unspecified atom stereocenters. The van der Waals surface area contributed by atoms with Crippen molar-refractivity contribution in [3.63, 3.8) is 0 Å². The number of phosphoric acid groups is 2. The molecular weight excluding hydrogens is 1250 g/mol. The molecule has 19 heteroatoms. The number of hydrogen-bond donors (Lipinski definition) is 3. The molecule has 0 spiro atoms.